The molecule has 0 amide bonds. The van der Waals surface area contributed by atoms with Crippen LogP contribution in [0.5, 0.6) is 0 Å². The molecule has 1 aromatic rings. The quantitative estimate of drug-likeness (QED) is 0.377. The molecule has 1 aromatic carbocycles. The van der Waals surface area contributed by atoms with E-state index in [0.29, 0.717) is 6.42 Å². The Kier molecular flexibility index (Phi) is 4.83. The Hall–Kier alpha value is -1.91. The molecule has 1 N–H and O–H groups in total. The number of nitro groups is 1. The summed E-state index contributed by atoms with van der Waals surface area (Å²) >= 11 is 0. The van der Waals surface area contributed by atoms with Gasteiger partial charge < -0.3 is 0 Å². The van der Waals surface area contributed by atoms with Gasteiger partial charge in [0, 0.05) is 19.0 Å². The molecule has 0 aliphatic carbocycles. The first-order valence-electron chi connectivity index (χ1n) is 5.11. The molecule has 0 atom stereocenters. The van der Waals surface area contributed by atoms with Crippen LogP contribution in [0.2, 0.25) is 0 Å². The van der Waals surface area contributed by atoms with E-state index in [0.717, 1.165) is 6.07 Å². The van der Waals surface area contributed by atoms with E-state index in [1.165, 1.54) is 18.2 Å². The highest BCUT2D eigenvalue weighted by molar-refractivity contribution is 7.89. The van der Waals surface area contributed by atoms with Gasteiger partial charge in [0.05, 0.1) is 4.92 Å². The first-order valence-corrected chi connectivity index (χ1v) is 6.60. The Morgan fingerprint density at radius 1 is 1.39 bits per heavy atom. The lowest BCUT2D eigenvalue weighted by atomic mass is 10.3. The lowest BCUT2D eigenvalue weighted by Crippen LogP contribution is -2.25. The van der Waals surface area contributed by atoms with Crippen molar-refractivity contribution in [3.05, 3.63) is 34.4 Å². The summed E-state index contributed by atoms with van der Waals surface area (Å²) < 4.78 is 26.0. The number of sulfonamides is 1. The fourth-order valence-electron chi connectivity index (χ4n) is 1.29. The van der Waals surface area contributed by atoms with Crippen LogP contribution in [0.4, 0.5) is 5.69 Å². The molecule has 0 heterocycles. The Labute approximate surface area is 105 Å². The van der Waals surface area contributed by atoms with E-state index in [4.69, 9.17) is 0 Å². The van der Waals surface area contributed by atoms with Crippen molar-refractivity contribution in [3.8, 4) is 11.8 Å². The zero-order chi connectivity index (χ0) is 13.6. The Morgan fingerprint density at radius 3 is 2.67 bits per heavy atom. The van der Waals surface area contributed by atoms with Crippen LogP contribution in [-0.2, 0) is 10.0 Å². The lowest BCUT2D eigenvalue weighted by Gasteiger charge is -2.05. The van der Waals surface area contributed by atoms with E-state index >= 15 is 0 Å². The van der Waals surface area contributed by atoms with Gasteiger partial charge in [-0.15, -0.1) is 11.8 Å². The summed E-state index contributed by atoms with van der Waals surface area (Å²) in [4.78, 5) is 9.68. The average Bonchev–Trinajstić information content (AvgIpc) is 2.35. The van der Waals surface area contributed by atoms with Crippen molar-refractivity contribution in [2.75, 3.05) is 6.54 Å². The van der Waals surface area contributed by atoms with Crippen LogP contribution in [0.15, 0.2) is 29.2 Å². The molecule has 6 nitrogen and oxygen atoms in total. The number of nitrogens with zero attached hydrogens (tertiary/aromatic N) is 1. The van der Waals surface area contributed by atoms with Crippen molar-refractivity contribution in [1.29, 1.82) is 0 Å². The monoisotopic (exact) mass is 268 g/mol. The van der Waals surface area contributed by atoms with Crippen molar-refractivity contribution in [2.45, 2.75) is 18.2 Å². The van der Waals surface area contributed by atoms with Gasteiger partial charge in [-0.2, -0.15) is 0 Å². The number of nitro benzene ring substituents is 1. The van der Waals surface area contributed by atoms with Gasteiger partial charge >= 0.3 is 0 Å². The number of nitrogens with one attached hydrogen (secondary N) is 1. The fraction of sp³-hybridized carbons (Fsp3) is 0.273. The molecule has 0 bridgehead atoms. The van der Waals surface area contributed by atoms with Gasteiger partial charge in [0.15, 0.2) is 4.90 Å². The Balaban J connectivity index is 2.97. The third-order valence-corrected chi connectivity index (χ3v) is 3.58. The van der Waals surface area contributed by atoms with E-state index in [1.54, 1.807) is 6.92 Å². The van der Waals surface area contributed by atoms with E-state index in [1.807, 2.05) is 0 Å². The maximum Gasteiger partial charge on any atom is 0.289 e. The minimum Gasteiger partial charge on any atom is -0.258 e. The van der Waals surface area contributed by atoms with Crippen LogP contribution in [0.1, 0.15) is 13.3 Å². The molecule has 0 aliphatic rings. The summed E-state index contributed by atoms with van der Waals surface area (Å²) in [6.45, 7) is 1.77. The molecular weight excluding hydrogens is 256 g/mol. The summed E-state index contributed by atoms with van der Waals surface area (Å²) in [6, 6.07) is 5.21. The highest BCUT2D eigenvalue weighted by atomic mass is 32.2. The zero-order valence-electron chi connectivity index (χ0n) is 9.71. The van der Waals surface area contributed by atoms with Crippen LogP contribution < -0.4 is 4.72 Å². The Morgan fingerprint density at radius 2 is 2.06 bits per heavy atom. The number of rotatable bonds is 5. The molecule has 96 valence electrons. The molecule has 0 spiro atoms. The Bertz CT molecular complexity index is 599. The second kappa shape index (κ2) is 6.14. The van der Waals surface area contributed by atoms with Gasteiger partial charge in [-0.1, -0.05) is 12.1 Å². The van der Waals surface area contributed by atoms with Gasteiger partial charge in [0.25, 0.3) is 5.69 Å². The van der Waals surface area contributed by atoms with Crippen LogP contribution in [-0.4, -0.2) is 19.9 Å². The van der Waals surface area contributed by atoms with Crippen molar-refractivity contribution in [3.63, 3.8) is 0 Å². The third-order valence-electron chi connectivity index (χ3n) is 2.07. The SMILES string of the molecule is CC#CCCNS(=O)(=O)c1ccccc1[N+](=O)[O-]. The molecule has 0 saturated carbocycles. The number of hydrogen-bond donors (Lipinski definition) is 1. The molecular formula is C11H12N2O4S. The smallest absolute Gasteiger partial charge is 0.258 e. The number of hydrogen-bond acceptors (Lipinski definition) is 4. The molecule has 0 aromatic heterocycles. The topological polar surface area (TPSA) is 89.3 Å². The molecule has 0 aliphatic heterocycles. The van der Waals surface area contributed by atoms with Crippen molar-refractivity contribution in [2.24, 2.45) is 0 Å². The highest BCUT2D eigenvalue weighted by Crippen LogP contribution is 2.22. The van der Waals surface area contributed by atoms with Gasteiger partial charge in [-0.05, 0) is 13.0 Å². The van der Waals surface area contributed by atoms with E-state index in [2.05, 4.69) is 16.6 Å². The number of para-hydroxylation sites is 1. The van der Waals surface area contributed by atoms with E-state index in [-0.39, 0.29) is 11.4 Å². The summed E-state index contributed by atoms with van der Waals surface area (Å²) in [5, 5.41) is 10.7. The molecule has 7 heteroatoms. The van der Waals surface area contributed by atoms with E-state index < -0.39 is 20.6 Å². The van der Waals surface area contributed by atoms with Crippen LogP contribution >= 0.6 is 0 Å². The molecule has 0 radical (unpaired) electrons. The van der Waals surface area contributed by atoms with Crippen molar-refractivity contribution >= 4 is 15.7 Å². The number of benzene rings is 1. The fourth-order valence-corrected chi connectivity index (χ4v) is 2.49. The predicted molar refractivity (Wildman–Crippen MR) is 66.4 cm³/mol. The maximum absolute atomic E-state index is 11.9. The first-order chi connectivity index (χ1) is 8.49. The molecule has 18 heavy (non-hydrogen) atoms. The summed E-state index contributed by atoms with van der Waals surface area (Å²) in [5.41, 5.74) is -0.438. The van der Waals surface area contributed by atoms with Crippen molar-refractivity contribution in [1.82, 2.24) is 4.72 Å². The van der Waals surface area contributed by atoms with E-state index in [9.17, 15) is 18.5 Å². The second-order valence-electron chi connectivity index (χ2n) is 3.30. The van der Waals surface area contributed by atoms with Gasteiger partial charge in [-0.3, -0.25) is 10.1 Å². The van der Waals surface area contributed by atoms with Gasteiger partial charge in [0.1, 0.15) is 0 Å². The summed E-state index contributed by atoms with van der Waals surface area (Å²) in [5.74, 6) is 5.33. The minimum atomic E-state index is -3.88. The lowest BCUT2D eigenvalue weighted by molar-refractivity contribution is -0.387. The normalized spacial score (nSPS) is 10.5. The molecule has 0 fully saturated rings. The molecule has 1 rings (SSSR count). The maximum atomic E-state index is 11.9. The summed E-state index contributed by atoms with van der Waals surface area (Å²) in [6.07, 6.45) is 0.358. The molecule has 0 unspecified atom stereocenters. The van der Waals surface area contributed by atoms with Crippen LogP contribution in [0.3, 0.4) is 0 Å². The average molecular weight is 268 g/mol. The van der Waals surface area contributed by atoms with Gasteiger partial charge in [-0.25, -0.2) is 13.1 Å². The summed E-state index contributed by atoms with van der Waals surface area (Å²) in [7, 11) is -3.88. The largest absolute Gasteiger partial charge is 0.289 e. The van der Waals surface area contributed by atoms with Crippen LogP contribution in [0.25, 0.3) is 0 Å². The molecule has 0 saturated heterocycles. The van der Waals surface area contributed by atoms with Crippen molar-refractivity contribution < 1.29 is 13.3 Å². The first kappa shape index (κ1) is 14.2. The van der Waals surface area contributed by atoms with Gasteiger partial charge in [0.2, 0.25) is 10.0 Å². The third kappa shape index (κ3) is 3.55. The second-order valence-corrected chi connectivity index (χ2v) is 5.03. The predicted octanol–water partition coefficient (Wildman–Crippen LogP) is 1.29. The van der Waals surface area contributed by atoms with Crippen LogP contribution in [0, 0.1) is 22.0 Å². The highest BCUT2D eigenvalue weighted by Gasteiger charge is 2.24. The standard InChI is InChI=1S/C11H12N2O4S/c1-2-3-6-9-12-18(16,17)11-8-5-4-7-10(11)13(14)15/h4-5,7-8,12H,6,9H2,1H3. The minimum absolute atomic E-state index is 0.120. The zero-order valence-corrected chi connectivity index (χ0v) is 10.5.